The lowest BCUT2D eigenvalue weighted by atomic mass is 10.0. The van der Waals surface area contributed by atoms with Crippen LogP contribution in [0.5, 0.6) is 0 Å². The second kappa shape index (κ2) is 27.0. The number of ether oxygens (including phenoxy) is 4. The lowest BCUT2D eigenvalue weighted by Crippen LogP contribution is -2.51. The van der Waals surface area contributed by atoms with Gasteiger partial charge in [0.05, 0.1) is 0 Å². The first-order valence-electron chi connectivity index (χ1n) is 23.8. The van der Waals surface area contributed by atoms with Crippen molar-refractivity contribution in [3.8, 4) is 0 Å². The van der Waals surface area contributed by atoms with E-state index >= 15 is 0 Å². The number of benzene rings is 2. The van der Waals surface area contributed by atoms with Crippen LogP contribution in [0.2, 0.25) is 0 Å². The van der Waals surface area contributed by atoms with Crippen molar-refractivity contribution >= 4 is 23.9 Å². The number of hydrogen-bond acceptors (Lipinski definition) is 12. The minimum absolute atomic E-state index is 0.175. The monoisotopic (exact) mass is 893 g/mol. The summed E-state index contributed by atoms with van der Waals surface area (Å²) in [5.41, 5.74) is 2.02. The van der Waals surface area contributed by atoms with Crippen LogP contribution in [0.15, 0.2) is 60.7 Å². The fraction of sp³-hybridized carbons (Fsp3) is 0.692. The number of nitrogens with zero attached hydrogens (tertiary/aromatic N) is 4. The average Bonchev–Trinajstić information content (AvgIpc) is 3.19. The molecule has 2 aromatic carbocycles. The predicted molar refractivity (Wildman–Crippen MR) is 255 cm³/mol. The van der Waals surface area contributed by atoms with Crippen LogP contribution in [-0.4, -0.2) is 146 Å². The smallest absolute Gasteiger partial charge is 0.323 e. The van der Waals surface area contributed by atoms with Gasteiger partial charge in [-0.2, -0.15) is 0 Å². The third-order valence-electron chi connectivity index (χ3n) is 11.9. The normalized spacial score (nSPS) is 27.0. The van der Waals surface area contributed by atoms with Gasteiger partial charge in [0, 0.05) is 39.0 Å². The van der Waals surface area contributed by atoms with Crippen molar-refractivity contribution in [1.29, 1.82) is 0 Å². The maximum Gasteiger partial charge on any atom is 0.323 e. The molecule has 0 N–H and O–H groups in total. The summed E-state index contributed by atoms with van der Waals surface area (Å²) in [6, 6.07) is 17.4. The third-order valence-corrected chi connectivity index (χ3v) is 11.9. The summed E-state index contributed by atoms with van der Waals surface area (Å²) in [6.07, 6.45) is 0.828. The summed E-state index contributed by atoms with van der Waals surface area (Å²) in [5.74, 6) is -0.731. The molecule has 12 heteroatoms. The van der Waals surface area contributed by atoms with Crippen LogP contribution in [0, 0.1) is 23.7 Å². The average molecular weight is 893 g/mol. The number of hydrogen-bond donors (Lipinski definition) is 0. The molecule has 0 amide bonds. The van der Waals surface area contributed by atoms with E-state index in [1.165, 1.54) is 0 Å². The highest BCUT2D eigenvalue weighted by Gasteiger charge is 2.36. The van der Waals surface area contributed by atoms with E-state index in [1.807, 2.05) is 122 Å². The molecule has 0 spiro atoms. The first kappa shape index (κ1) is 54.5. The minimum Gasteiger partial charge on any atom is -0.460 e. The summed E-state index contributed by atoms with van der Waals surface area (Å²) in [5, 5.41) is 0. The Morgan fingerprint density at radius 3 is 0.938 bits per heavy atom. The first-order valence-corrected chi connectivity index (χ1v) is 23.8. The number of cyclic esters (lactones) is 4. The van der Waals surface area contributed by atoms with Crippen molar-refractivity contribution < 1.29 is 38.1 Å². The van der Waals surface area contributed by atoms with Crippen LogP contribution in [-0.2, 0) is 51.0 Å². The zero-order chi connectivity index (χ0) is 47.7. The van der Waals surface area contributed by atoms with Gasteiger partial charge in [-0.15, -0.1) is 0 Å². The van der Waals surface area contributed by atoms with Crippen molar-refractivity contribution in [2.75, 3.05) is 54.4 Å². The van der Waals surface area contributed by atoms with E-state index in [0.29, 0.717) is 64.7 Å². The van der Waals surface area contributed by atoms with Crippen molar-refractivity contribution in [2.24, 2.45) is 23.7 Å². The zero-order valence-electron chi connectivity index (χ0n) is 41.8. The van der Waals surface area contributed by atoms with Gasteiger partial charge in [0.15, 0.2) is 0 Å². The Morgan fingerprint density at radius 1 is 0.422 bits per heavy atom. The summed E-state index contributed by atoms with van der Waals surface area (Å²) in [7, 11) is 7.53. The minimum atomic E-state index is -0.605. The molecule has 2 aromatic rings. The maximum absolute atomic E-state index is 14.4. The van der Waals surface area contributed by atoms with Gasteiger partial charge in [-0.05, 0) is 103 Å². The molecule has 12 nitrogen and oxygen atoms in total. The summed E-state index contributed by atoms with van der Waals surface area (Å²) in [4.78, 5) is 65.0. The van der Waals surface area contributed by atoms with Crippen LogP contribution in [0.3, 0.4) is 0 Å². The molecule has 360 valence electrons. The molecule has 8 atom stereocenters. The molecule has 0 aromatic heterocycles. The number of carbonyl (C=O) groups is 4. The molecular formula is C52H84N4O8. The van der Waals surface area contributed by atoms with Crippen LogP contribution >= 0.6 is 0 Å². The molecule has 64 heavy (non-hydrogen) atoms. The van der Waals surface area contributed by atoms with E-state index in [9.17, 15) is 19.2 Å². The Kier molecular flexibility index (Phi) is 23.0. The molecule has 0 bridgehead atoms. The highest BCUT2D eigenvalue weighted by atomic mass is 16.6. The zero-order valence-corrected chi connectivity index (χ0v) is 41.8. The molecule has 8 unspecified atom stereocenters. The lowest BCUT2D eigenvalue weighted by molar-refractivity contribution is -0.162. The third kappa shape index (κ3) is 18.9. The lowest BCUT2D eigenvalue weighted by Gasteiger charge is -2.36. The van der Waals surface area contributed by atoms with Gasteiger partial charge in [0.25, 0.3) is 0 Å². The second-order valence-corrected chi connectivity index (χ2v) is 20.3. The molecule has 0 aliphatic carbocycles. The van der Waals surface area contributed by atoms with E-state index in [1.54, 1.807) is 0 Å². The standard InChI is InChI=1S/C52H84N4O8/c1-35(2)25-45-49(57)61-39(9)31-53(11)48(28-38(7)8)52(60)64-44(30-42-23-19-16-20-24-42)34-56(14)46(26-36(3)4)50(58)62-40(10)32-54(12)47(27-37(5)6)51(59)63-43(33-55(45)13)29-41-21-17-15-18-22-41/h15-24,35-40,43-48H,25-34H2,1-14H3. The van der Waals surface area contributed by atoms with Gasteiger partial charge in [-0.25, -0.2) is 0 Å². The molecule has 1 fully saturated rings. The molecule has 1 heterocycles. The summed E-state index contributed by atoms with van der Waals surface area (Å²) >= 11 is 0. The first-order chi connectivity index (χ1) is 30.1. The molecule has 0 saturated carbocycles. The van der Waals surface area contributed by atoms with E-state index in [-0.39, 0.29) is 47.5 Å². The second-order valence-electron chi connectivity index (χ2n) is 20.3. The molecule has 0 radical (unpaired) electrons. The fourth-order valence-corrected chi connectivity index (χ4v) is 8.73. The largest absolute Gasteiger partial charge is 0.460 e. The Bertz CT molecular complexity index is 1550. The van der Waals surface area contributed by atoms with Crippen LogP contribution < -0.4 is 0 Å². The van der Waals surface area contributed by atoms with Crippen LogP contribution in [0.25, 0.3) is 0 Å². The molecular weight excluding hydrogens is 809 g/mol. The quantitative estimate of drug-likeness (QED) is 0.155. The Morgan fingerprint density at radius 2 is 0.672 bits per heavy atom. The number of esters is 4. The van der Waals surface area contributed by atoms with Gasteiger partial charge in [-0.3, -0.25) is 38.8 Å². The van der Waals surface area contributed by atoms with E-state index in [0.717, 1.165) is 11.1 Å². The Labute approximate surface area is 386 Å². The number of carbonyl (C=O) groups excluding carboxylic acids is 4. The number of rotatable bonds is 12. The molecule has 1 saturated heterocycles. The fourth-order valence-electron chi connectivity index (χ4n) is 8.73. The van der Waals surface area contributed by atoms with Gasteiger partial charge >= 0.3 is 23.9 Å². The van der Waals surface area contributed by atoms with E-state index < -0.39 is 48.6 Å². The summed E-state index contributed by atoms with van der Waals surface area (Å²) in [6.45, 7) is 21.5. The van der Waals surface area contributed by atoms with Crippen LogP contribution in [0.1, 0.15) is 106 Å². The number of likely N-dealkylation sites (N-methyl/N-ethyl adjacent to an activating group) is 4. The van der Waals surface area contributed by atoms with Crippen molar-refractivity contribution in [3.63, 3.8) is 0 Å². The van der Waals surface area contributed by atoms with E-state index in [2.05, 4.69) is 55.4 Å². The predicted octanol–water partition coefficient (Wildman–Crippen LogP) is 7.56. The van der Waals surface area contributed by atoms with Gasteiger partial charge in [0.2, 0.25) is 0 Å². The Hall–Kier alpha value is -3.84. The topological polar surface area (TPSA) is 118 Å². The molecule has 3 rings (SSSR count). The molecule has 1 aliphatic heterocycles. The van der Waals surface area contributed by atoms with Crippen molar-refractivity contribution in [2.45, 2.75) is 156 Å². The maximum atomic E-state index is 14.4. The highest BCUT2D eigenvalue weighted by molar-refractivity contribution is 5.78. The van der Waals surface area contributed by atoms with E-state index in [4.69, 9.17) is 18.9 Å². The van der Waals surface area contributed by atoms with Gasteiger partial charge < -0.3 is 18.9 Å². The van der Waals surface area contributed by atoms with Gasteiger partial charge in [0.1, 0.15) is 48.6 Å². The van der Waals surface area contributed by atoms with Crippen molar-refractivity contribution in [1.82, 2.24) is 19.6 Å². The summed E-state index contributed by atoms with van der Waals surface area (Å²) < 4.78 is 25.4. The highest BCUT2D eigenvalue weighted by Crippen LogP contribution is 2.23. The molecule has 1 aliphatic rings. The van der Waals surface area contributed by atoms with Crippen LogP contribution in [0.4, 0.5) is 0 Å². The Balaban J connectivity index is 2.10. The SMILES string of the molecule is CC(C)CC1C(=O)OC(C)CN(C)C(CC(C)C)C(=O)OC(Cc2ccccc2)CN(C)C(CC(C)C)C(=O)OC(C)CN(C)C(CC(C)C)C(=O)OC(Cc2ccccc2)CN1C. The van der Waals surface area contributed by atoms with Gasteiger partial charge in [-0.1, -0.05) is 116 Å². The van der Waals surface area contributed by atoms with Crippen molar-refractivity contribution in [3.05, 3.63) is 71.8 Å².